The molecule has 0 spiro atoms. The van der Waals surface area contributed by atoms with Crippen molar-refractivity contribution in [3.05, 3.63) is 0 Å². The van der Waals surface area contributed by atoms with Crippen LogP contribution in [0.25, 0.3) is 0 Å². The smallest absolute Gasteiger partial charge is 0.243 e. The summed E-state index contributed by atoms with van der Waals surface area (Å²) in [7, 11) is 0. The van der Waals surface area contributed by atoms with E-state index in [9.17, 15) is 14.4 Å². The summed E-state index contributed by atoms with van der Waals surface area (Å²) in [6.45, 7) is 2.16. The molecule has 0 bridgehead atoms. The average Bonchev–Trinajstić information content (AvgIpc) is 2.63. The number of rotatable bonds is 2. The fraction of sp³-hybridized carbons (Fsp3) is 0.727. The van der Waals surface area contributed by atoms with E-state index in [1.165, 1.54) is 0 Å². The first-order valence-corrected chi connectivity index (χ1v) is 5.73. The Kier molecular flexibility index (Phi) is 3.05. The molecule has 1 saturated heterocycles. The lowest BCUT2D eigenvalue weighted by Gasteiger charge is -2.37. The zero-order chi connectivity index (χ0) is 11.7. The molecular formula is C11H16N2O3. The number of piperazine rings is 1. The Morgan fingerprint density at radius 3 is 2.69 bits per heavy atom. The maximum Gasteiger partial charge on any atom is 0.243 e. The van der Waals surface area contributed by atoms with Crippen LogP contribution in [0.15, 0.2) is 0 Å². The molecule has 2 rings (SSSR count). The summed E-state index contributed by atoms with van der Waals surface area (Å²) in [5.41, 5.74) is 0. The fourth-order valence-corrected chi connectivity index (χ4v) is 2.57. The van der Waals surface area contributed by atoms with Crippen LogP contribution in [0.4, 0.5) is 0 Å². The Bertz CT molecular complexity index is 340. The first-order valence-electron chi connectivity index (χ1n) is 5.73. The molecule has 1 N–H and O–H groups in total. The first-order chi connectivity index (χ1) is 7.61. The van der Waals surface area contributed by atoms with Gasteiger partial charge in [0, 0.05) is 18.9 Å². The van der Waals surface area contributed by atoms with Gasteiger partial charge in [0.05, 0.1) is 12.6 Å². The number of imide groups is 1. The molecule has 2 atom stereocenters. The molecule has 0 aromatic carbocycles. The minimum Gasteiger partial charge on any atom is -0.300 e. The van der Waals surface area contributed by atoms with E-state index in [1.807, 2.05) is 11.8 Å². The SMILES string of the molecule is CCC1C(=O)NC(=O)CN1C1CCC(=O)C1. The molecule has 1 saturated carbocycles. The molecule has 5 heteroatoms. The van der Waals surface area contributed by atoms with E-state index in [0.717, 1.165) is 6.42 Å². The molecule has 1 aliphatic carbocycles. The Morgan fingerprint density at radius 1 is 1.38 bits per heavy atom. The second kappa shape index (κ2) is 4.33. The maximum absolute atomic E-state index is 11.6. The minimum absolute atomic E-state index is 0.0763. The number of ketones is 1. The summed E-state index contributed by atoms with van der Waals surface area (Å²) in [5, 5.41) is 2.34. The van der Waals surface area contributed by atoms with Gasteiger partial charge in [-0.15, -0.1) is 0 Å². The first kappa shape index (κ1) is 11.3. The monoisotopic (exact) mass is 224 g/mol. The summed E-state index contributed by atoms with van der Waals surface area (Å²) in [5.74, 6) is -0.245. The van der Waals surface area contributed by atoms with E-state index in [-0.39, 0.29) is 36.2 Å². The molecule has 0 aromatic rings. The molecule has 16 heavy (non-hydrogen) atoms. The molecule has 0 radical (unpaired) electrons. The maximum atomic E-state index is 11.6. The molecule has 2 aliphatic rings. The Morgan fingerprint density at radius 2 is 2.12 bits per heavy atom. The van der Waals surface area contributed by atoms with Gasteiger partial charge in [0.2, 0.25) is 11.8 Å². The molecule has 2 fully saturated rings. The largest absolute Gasteiger partial charge is 0.300 e. The molecular weight excluding hydrogens is 208 g/mol. The third-order valence-electron chi connectivity index (χ3n) is 3.37. The zero-order valence-corrected chi connectivity index (χ0v) is 9.36. The van der Waals surface area contributed by atoms with Gasteiger partial charge in [-0.3, -0.25) is 24.6 Å². The van der Waals surface area contributed by atoms with Crippen molar-refractivity contribution in [3.63, 3.8) is 0 Å². The predicted molar refractivity (Wildman–Crippen MR) is 56.6 cm³/mol. The number of carbonyl (C=O) groups excluding carboxylic acids is 3. The van der Waals surface area contributed by atoms with Gasteiger partial charge in [-0.1, -0.05) is 6.92 Å². The summed E-state index contributed by atoms with van der Waals surface area (Å²) in [6.07, 6.45) is 2.50. The van der Waals surface area contributed by atoms with E-state index in [0.29, 0.717) is 19.3 Å². The highest BCUT2D eigenvalue weighted by atomic mass is 16.2. The number of hydrogen-bond acceptors (Lipinski definition) is 4. The Hall–Kier alpha value is -1.23. The van der Waals surface area contributed by atoms with Crippen molar-refractivity contribution in [2.45, 2.75) is 44.7 Å². The minimum atomic E-state index is -0.256. The van der Waals surface area contributed by atoms with Gasteiger partial charge >= 0.3 is 0 Å². The van der Waals surface area contributed by atoms with Crippen molar-refractivity contribution in [1.29, 1.82) is 0 Å². The van der Waals surface area contributed by atoms with Crippen molar-refractivity contribution in [2.75, 3.05) is 6.54 Å². The Balaban J connectivity index is 2.13. The third kappa shape index (κ3) is 2.00. The summed E-state index contributed by atoms with van der Waals surface area (Å²) >= 11 is 0. The number of amides is 2. The second-order valence-corrected chi connectivity index (χ2v) is 4.44. The van der Waals surface area contributed by atoms with Crippen molar-refractivity contribution < 1.29 is 14.4 Å². The highest BCUT2D eigenvalue weighted by Gasteiger charge is 2.39. The van der Waals surface area contributed by atoms with Gasteiger partial charge in [0.25, 0.3) is 0 Å². The Labute approximate surface area is 94.2 Å². The van der Waals surface area contributed by atoms with Crippen molar-refractivity contribution in [2.24, 2.45) is 0 Å². The lowest BCUT2D eigenvalue weighted by molar-refractivity contribution is -0.142. The van der Waals surface area contributed by atoms with E-state index in [4.69, 9.17) is 0 Å². The van der Waals surface area contributed by atoms with Gasteiger partial charge in [-0.25, -0.2) is 0 Å². The summed E-state index contributed by atoms with van der Waals surface area (Å²) in [4.78, 5) is 36.1. The predicted octanol–water partition coefficient (Wildman–Crippen LogP) is -0.155. The lowest BCUT2D eigenvalue weighted by atomic mass is 10.1. The quantitative estimate of drug-likeness (QED) is 0.662. The highest BCUT2D eigenvalue weighted by Crippen LogP contribution is 2.24. The van der Waals surface area contributed by atoms with Crippen LogP contribution >= 0.6 is 0 Å². The molecule has 1 heterocycles. The second-order valence-electron chi connectivity index (χ2n) is 4.44. The molecule has 2 unspecified atom stereocenters. The van der Waals surface area contributed by atoms with Gasteiger partial charge in [-0.05, 0) is 12.8 Å². The third-order valence-corrected chi connectivity index (χ3v) is 3.37. The number of carbonyl (C=O) groups is 3. The molecule has 88 valence electrons. The summed E-state index contributed by atoms with van der Waals surface area (Å²) in [6, 6.07) is -0.180. The van der Waals surface area contributed by atoms with E-state index in [1.54, 1.807) is 0 Å². The lowest BCUT2D eigenvalue weighted by Crippen LogP contribution is -2.60. The normalized spacial score (nSPS) is 31.9. The van der Waals surface area contributed by atoms with Gasteiger partial charge in [0.1, 0.15) is 5.78 Å². The van der Waals surface area contributed by atoms with Crippen LogP contribution < -0.4 is 5.32 Å². The van der Waals surface area contributed by atoms with Gasteiger partial charge in [0.15, 0.2) is 0 Å². The van der Waals surface area contributed by atoms with Crippen molar-refractivity contribution in [1.82, 2.24) is 10.2 Å². The number of nitrogens with zero attached hydrogens (tertiary/aromatic N) is 1. The van der Waals surface area contributed by atoms with Crippen molar-refractivity contribution in [3.8, 4) is 0 Å². The molecule has 2 amide bonds. The average molecular weight is 224 g/mol. The van der Waals surface area contributed by atoms with Crippen LogP contribution in [0.3, 0.4) is 0 Å². The van der Waals surface area contributed by atoms with Crippen LogP contribution in [-0.4, -0.2) is 41.1 Å². The van der Waals surface area contributed by atoms with Crippen LogP contribution in [0.2, 0.25) is 0 Å². The standard InChI is InChI=1S/C11H16N2O3/c1-2-9-11(16)12-10(15)6-13(9)7-3-4-8(14)5-7/h7,9H,2-6H2,1H3,(H,12,15,16). The van der Waals surface area contributed by atoms with Crippen molar-refractivity contribution >= 4 is 17.6 Å². The number of Topliss-reactive ketones (excluding diaryl/α,β-unsaturated/α-hetero) is 1. The van der Waals surface area contributed by atoms with Gasteiger partial charge in [-0.2, -0.15) is 0 Å². The summed E-state index contributed by atoms with van der Waals surface area (Å²) < 4.78 is 0. The molecule has 1 aliphatic heterocycles. The zero-order valence-electron chi connectivity index (χ0n) is 9.36. The molecule has 5 nitrogen and oxygen atoms in total. The fourth-order valence-electron chi connectivity index (χ4n) is 2.57. The van der Waals surface area contributed by atoms with E-state index >= 15 is 0 Å². The van der Waals surface area contributed by atoms with Crippen LogP contribution in [-0.2, 0) is 14.4 Å². The highest BCUT2D eigenvalue weighted by molar-refractivity contribution is 6.01. The number of hydrogen-bond donors (Lipinski definition) is 1. The number of nitrogens with one attached hydrogen (secondary N) is 1. The molecule has 0 aromatic heterocycles. The van der Waals surface area contributed by atoms with Gasteiger partial charge < -0.3 is 0 Å². The van der Waals surface area contributed by atoms with Crippen LogP contribution in [0.1, 0.15) is 32.6 Å². The van der Waals surface area contributed by atoms with E-state index in [2.05, 4.69) is 5.32 Å². The van der Waals surface area contributed by atoms with Crippen LogP contribution in [0.5, 0.6) is 0 Å². The van der Waals surface area contributed by atoms with E-state index < -0.39 is 0 Å². The van der Waals surface area contributed by atoms with Crippen LogP contribution in [0, 0.1) is 0 Å². The topological polar surface area (TPSA) is 66.5 Å².